The van der Waals surface area contributed by atoms with Gasteiger partial charge in [-0.2, -0.15) is 5.26 Å². The summed E-state index contributed by atoms with van der Waals surface area (Å²) >= 11 is 5.94. The van der Waals surface area contributed by atoms with Crippen LogP contribution in [-0.2, 0) is 0 Å². The van der Waals surface area contributed by atoms with E-state index >= 15 is 0 Å². The van der Waals surface area contributed by atoms with E-state index in [1.54, 1.807) is 18.2 Å². The number of nitrogens with zero attached hydrogens (tertiary/aromatic N) is 1. The highest BCUT2D eigenvalue weighted by Crippen LogP contribution is 2.28. The van der Waals surface area contributed by atoms with Crippen LogP contribution in [0.5, 0.6) is 0 Å². The van der Waals surface area contributed by atoms with E-state index in [2.05, 4.69) is 6.07 Å². The molecule has 0 aliphatic carbocycles. The van der Waals surface area contributed by atoms with Gasteiger partial charge in [0.2, 0.25) is 0 Å². The molecule has 3 heteroatoms. The summed E-state index contributed by atoms with van der Waals surface area (Å²) in [6.45, 7) is 0. The molecule has 0 fully saturated rings. The van der Waals surface area contributed by atoms with Gasteiger partial charge in [0.15, 0.2) is 0 Å². The smallest absolute Gasteiger partial charge is 0.0992 e. The molecule has 0 bridgehead atoms. The van der Waals surface area contributed by atoms with Gasteiger partial charge in [-0.05, 0) is 29.8 Å². The lowest BCUT2D eigenvalue weighted by molar-refractivity contribution is 1.48. The van der Waals surface area contributed by atoms with Crippen LogP contribution in [0.25, 0.3) is 11.1 Å². The third-order valence-electron chi connectivity index (χ3n) is 2.30. The second-order valence-electron chi connectivity index (χ2n) is 3.43. The molecule has 16 heavy (non-hydrogen) atoms. The van der Waals surface area contributed by atoms with Crippen LogP contribution in [0.3, 0.4) is 0 Å². The van der Waals surface area contributed by atoms with Crippen molar-refractivity contribution >= 4 is 17.3 Å². The number of benzene rings is 2. The molecule has 2 aromatic carbocycles. The third-order valence-corrected chi connectivity index (χ3v) is 2.52. The SMILES string of the molecule is N#Cc1cc(Cl)cc(-c2ccccc2N)c1. The lowest BCUT2D eigenvalue weighted by Crippen LogP contribution is -1.89. The first kappa shape index (κ1) is 10.5. The molecule has 0 aromatic heterocycles. The molecule has 0 saturated carbocycles. The van der Waals surface area contributed by atoms with E-state index in [1.807, 2.05) is 24.3 Å². The Bertz CT molecular complexity index is 570. The Morgan fingerprint density at radius 1 is 1.12 bits per heavy atom. The molecule has 0 amide bonds. The minimum Gasteiger partial charge on any atom is -0.398 e. The number of halogens is 1. The monoisotopic (exact) mass is 228 g/mol. The van der Waals surface area contributed by atoms with Gasteiger partial charge in [0.25, 0.3) is 0 Å². The number of hydrogen-bond donors (Lipinski definition) is 1. The molecule has 0 radical (unpaired) electrons. The maximum absolute atomic E-state index is 8.86. The zero-order chi connectivity index (χ0) is 11.5. The molecular formula is C13H9ClN2. The summed E-state index contributed by atoms with van der Waals surface area (Å²) in [7, 11) is 0. The van der Waals surface area contributed by atoms with E-state index in [0.717, 1.165) is 11.1 Å². The van der Waals surface area contributed by atoms with Crippen molar-refractivity contribution in [2.45, 2.75) is 0 Å². The quantitative estimate of drug-likeness (QED) is 0.760. The van der Waals surface area contributed by atoms with Crippen LogP contribution in [0.2, 0.25) is 5.02 Å². The maximum Gasteiger partial charge on any atom is 0.0992 e. The molecule has 2 aromatic rings. The largest absolute Gasteiger partial charge is 0.398 e. The van der Waals surface area contributed by atoms with Gasteiger partial charge in [-0.1, -0.05) is 29.8 Å². The summed E-state index contributed by atoms with van der Waals surface area (Å²) in [5.41, 5.74) is 8.83. The Morgan fingerprint density at radius 3 is 2.56 bits per heavy atom. The lowest BCUT2D eigenvalue weighted by Gasteiger charge is -2.06. The lowest BCUT2D eigenvalue weighted by atomic mass is 10.0. The fraction of sp³-hybridized carbons (Fsp3) is 0. The second-order valence-corrected chi connectivity index (χ2v) is 3.86. The van der Waals surface area contributed by atoms with Crippen LogP contribution in [0, 0.1) is 11.3 Å². The highest BCUT2D eigenvalue weighted by Gasteiger charge is 2.04. The van der Waals surface area contributed by atoms with E-state index in [1.165, 1.54) is 0 Å². The highest BCUT2D eigenvalue weighted by molar-refractivity contribution is 6.31. The molecule has 2 nitrogen and oxygen atoms in total. The van der Waals surface area contributed by atoms with Crippen LogP contribution < -0.4 is 5.73 Å². The zero-order valence-corrected chi connectivity index (χ0v) is 9.20. The molecule has 0 atom stereocenters. The molecular weight excluding hydrogens is 220 g/mol. The summed E-state index contributed by atoms with van der Waals surface area (Å²) in [6, 6.07) is 14.8. The molecule has 2 N–H and O–H groups in total. The van der Waals surface area contributed by atoms with E-state index in [9.17, 15) is 0 Å². The minimum atomic E-state index is 0.533. The van der Waals surface area contributed by atoms with Gasteiger partial charge in [0.05, 0.1) is 11.6 Å². The summed E-state index contributed by atoms with van der Waals surface area (Å²) in [5.74, 6) is 0. The Kier molecular flexibility index (Phi) is 2.80. The molecule has 2 rings (SSSR count). The van der Waals surface area contributed by atoms with Crippen LogP contribution in [-0.4, -0.2) is 0 Å². The zero-order valence-electron chi connectivity index (χ0n) is 8.44. The van der Waals surface area contributed by atoms with Gasteiger partial charge in [-0.25, -0.2) is 0 Å². The van der Waals surface area contributed by atoms with Crippen molar-refractivity contribution in [3.63, 3.8) is 0 Å². The number of hydrogen-bond acceptors (Lipinski definition) is 2. The standard InChI is InChI=1S/C13H9ClN2/c14-11-6-9(8-15)5-10(7-11)12-3-1-2-4-13(12)16/h1-7H,16H2. The Balaban J connectivity index is 2.61. The van der Waals surface area contributed by atoms with Crippen molar-refractivity contribution in [3.8, 4) is 17.2 Å². The highest BCUT2D eigenvalue weighted by atomic mass is 35.5. The summed E-state index contributed by atoms with van der Waals surface area (Å²) < 4.78 is 0. The number of nitriles is 1. The number of anilines is 1. The predicted octanol–water partition coefficient (Wildman–Crippen LogP) is 3.46. The van der Waals surface area contributed by atoms with Crippen LogP contribution in [0.1, 0.15) is 5.56 Å². The first-order valence-electron chi connectivity index (χ1n) is 4.76. The first-order valence-corrected chi connectivity index (χ1v) is 5.14. The Labute approximate surface area is 98.9 Å². The Morgan fingerprint density at radius 2 is 1.88 bits per heavy atom. The van der Waals surface area contributed by atoms with E-state index < -0.39 is 0 Å². The average Bonchev–Trinajstić information content (AvgIpc) is 2.28. The van der Waals surface area contributed by atoms with E-state index in [-0.39, 0.29) is 0 Å². The maximum atomic E-state index is 8.86. The average molecular weight is 229 g/mol. The third kappa shape index (κ3) is 2.00. The summed E-state index contributed by atoms with van der Waals surface area (Å²) in [4.78, 5) is 0. The minimum absolute atomic E-state index is 0.533. The molecule has 0 heterocycles. The van der Waals surface area contributed by atoms with E-state index in [4.69, 9.17) is 22.6 Å². The van der Waals surface area contributed by atoms with Gasteiger partial charge in [0.1, 0.15) is 0 Å². The van der Waals surface area contributed by atoms with Gasteiger partial charge < -0.3 is 5.73 Å². The molecule has 0 spiro atoms. The van der Waals surface area contributed by atoms with Crippen molar-refractivity contribution in [3.05, 3.63) is 53.1 Å². The van der Waals surface area contributed by atoms with Gasteiger partial charge in [-0.15, -0.1) is 0 Å². The van der Waals surface area contributed by atoms with Gasteiger partial charge in [-0.3, -0.25) is 0 Å². The summed E-state index contributed by atoms with van der Waals surface area (Å²) in [6.07, 6.45) is 0. The fourth-order valence-electron chi connectivity index (χ4n) is 1.57. The van der Waals surface area contributed by atoms with Crippen molar-refractivity contribution in [1.29, 1.82) is 5.26 Å². The van der Waals surface area contributed by atoms with Crippen molar-refractivity contribution < 1.29 is 0 Å². The second kappa shape index (κ2) is 4.26. The molecule has 0 aliphatic heterocycles. The predicted molar refractivity (Wildman–Crippen MR) is 66.0 cm³/mol. The first-order chi connectivity index (χ1) is 7.70. The molecule has 0 aliphatic rings. The summed E-state index contributed by atoms with van der Waals surface area (Å²) in [5, 5.41) is 9.40. The van der Waals surface area contributed by atoms with E-state index in [0.29, 0.717) is 16.3 Å². The number of nitrogen functional groups attached to an aromatic ring is 1. The van der Waals surface area contributed by atoms with Gasteiger partial charge >= 0.3 is 0 Å². The van der Waals surface area contributed by atoms with Crippen LogP contribution >= 0.6 is 11.6 Å². The number of para-hydroxylation sites is 1. The normalized spacial score (nSPS) is 9.75. The topological polar surface area (TPSA) is 49.8 Å². The van der Waals surface area contributed by atoms with Crippen molar-refractivity contribution in [1.82, 2.24) is 0 Å². The van der Waals surface area contributed by atoms with Crippen LogP contribution in [0.4, 0.5) is 5.69 Å². The molecule has 0 unspecified atom stereocenters. The number of nitrogens with two attached hydrogens (primary N) is 1. The van der Waals surface area contributed by atoms with Crippen molar-refractivity contribution in [2.75, 3.05) is 5.73 Å². The fourth-order valence-corrected chi connectivity index (χ4v) is 1.80. The van der Waals surface area contributed by atoms with Crippen LogP contribution in [0.15, 0.2) is 42.5 Å². The molecule has 0 saturated heterocycles. The number of rotatable bonds is 1. The van der Waals surface area contributed by atoms with Crippen molar-refractivity contribution in [2.24, 2.45) is 0 Å². The Hall–Kier alpha value is -1.98. The molecule has 78 valence electrons. The van der Waals surface area contributed by atoms with Gasteiger partial charge in [0, 0.05) is 16.3 Å².